The van der Waals surface area contributed by atoms with Crippen LogP contribution in [0.15, 0.2) is 42.5 Å². The fourth-order valence-corrected chi connectivity index (χ4v) is 3.10. The van der Waals surface area contributed by atoms with Crippen molar-refractivity contribution in [3.8, 4) is 11.5 Å². The molecule has 7 N–H and O–H groups in total. The molecule has 30 heavy (non-hydrogen) atoms. The van der Waals surface area contributed by atoms with Crippen LogP contribution >= 0.6 is 0 Å². The molecule has 0 aliphatic carbocycles. The van der Waals surface area contributed by atoms with Gasteiger partial charge in [0.2, 0.25) is 0 Å². The Kier molecular flexibility index (Phi) is 8.70. The summed E-state index contributed by atoms with van der Waals surface area (Å²) in [5.41, 5.74) is 7.82. The number of hydrogen-bond donors (Lipinski definition) is 6. The summed E-state index contributed by atoms with van der Waals surface area (Å²) in [4.78, 5) is 1.74. The van der Waals surface area contributed by atoms with E-state index in [2.05, 4.69) is 0 Å². The summed E-state index contributed by atoms with van der Waals surface area (Å²) in [6.45, 7) is -0.525. The van der Waals surface area contributed by atoms with E-state index in [9.17, 15) is 20.4 Å². The number of hydrogen-bond acceptors (Lipinski definition) is 9. The molecule has 9 nitrogen and oxygen atoms in total. The minimum Gasteiger partial charge on any atom is -0.495 e. The molecule has 0 spiro atoms. The van der Waals surface area contributed by atoms with E-state index < -0.39 is 31.0 Å². The van der Waals surface area contributed by atoms with Crippen molar-refractivity contribution < 1.29 is 35.0 Å². The topological polar surface area (TPSA) is 149 Å². The van der Waals surface area contributed by atoms with Crippen molar-refractivity contribution in [1.29, 1.82) is 0 Å². The number of anilines is 2. The molecule has 0 aliphatic heterocycles. The Hall–Kier alpha value is -2.56. The van der Waals surface area contributed by atoms with Crippen molar-refractivity contribution in [3.63, 3.8) is 0 Å². The van der Waals surface area contributed by atoms with Crippen molar-refractivity contribution >= 4 is 11.4 Å². The van der Waals surface area contributed by atoms with Crippen LogP contribution in [0, 0.1) is 0 Å². The van der Waals surface area contributed by atoms with Gasteiger partial charge in [-0.05, 0) is 5.56 Å². The number of nitrogen functional groups attached to an aromatic ring is 1. The lowest BCUT2D eigenvalue weighted by Crippen LogP contribution is -2.49. The molecule has 0 radical (unpaired) electrons. The molecule has 0 aromatic heterocycles. The minimum atomic E-state index is -1.72. The van der Waals surface area contributed by atoms with Crippen molar-refractivity contribution in [2.24, 2.45) is 0 Å². The number of methoxy groups -OCH3 is 2. The molecule has 0 amide bonds. The van der Waals surface area contributed by atoms with E-state index in [4.69, 9.17) is 20.3 Å². The van der Waals surface area contributed by atoms with Gasteiger partial charge < -0.3 is 45.6 Å². The number of rotatable bonds is 11. The quantitative estimate of drug-likeness (QED) is 0.269. The molecule has 0 saturated heterocycles. The van der Waals surface area contributed by atoms with Gasteiger partial charge in [-0.3, -0.25) is 0 Å². The molecule has 0 aliphatic rings. The van der Waals surface area contributed by atoms with Crippen molar-refractivity contribution in [2.75, 3.05) is 38.0 Å². The molecule has 2 aromatic carbocycles. The highest BCUT2D eigenvalue weighted by Gasteiger charge is 2.32. The maximum Gasteiger partial charge on any atom is 0.144 e. The highest BCUT2D eigenvalue weighted by atomic mass is 16.5. The molecule has 4 unspecified atom stereocenters. The second kappa shape index (κ2) is 11.0. The van der Waals surface area contributed by atoms with Crippen molar-refractivity contribution in [2.45, 2.75) is 31.0 Å². The Morgan fingerprint density at radius 3 is 2.07 bits per heavy atom. The van der Waals surface area contributed by atoms with Crippen LogP contribution in [0.1, 0.15) is 5.56 Å². The first-order valence-corrected chi connectivity index (χ1v) is 9.45. The summed E-state index contributed by atoms with van der Waals surface area (Å²) in [5, 5.41) is 49.3. The Morgan fingerprint density at radius 2 is 1.50 bits per heavy atom. The van der Waals surface area contributed by atoms with Crippen LogP contribution in [0.2, 0.25) is 0 Å². The van der Waals surface area contributed by atoms with Crippen LogP contribution in [0.3, 0.4) is 0 Å². The number of ether oxygens (including phenoxy) is 2. The fourth-order valence-electron chi connectivity index (χ4n) is 3.10. The largest absolute Gasteiger partial charge is 0.495 e. The van der Waals surface area contributed by atoms with Gasteiger partial charge in [0.25, 0.3) is 0 Å². The normalized spacial score (nSPS) is 15.2. The summed E-state index contributed by atoms with van der Waals surface area (Å²) in [6, 6.07) is 12.7. The molecule has 9 heteroatoms. The first kappa shape index (κ1) is 23.7. The molecule has 0 bridgehead atoms. The van der Waals surface area contributed by atoms with Gasteiger partial charge in [-0.15, -0.1) is 0 Å². The smallest absolute Gasteiger partial charge is 0.144 e. The Labute approximate surface area is 175 Å². The Bertz CT molecular complexity index is 790. The zero-order valence-electron chi connectivity index (χ0n) is 17.0. The average Bonchev–Trinajstić information content (AvgIpc) is 2.77. The van der Waals surface area contributed by atoms with Crippen LogP contribution < -0.4 is 20.1 Å². The molecular weight excluding hydrogens is 392 g/mol. The first-order chi connectivity index (χ1) is 14.3. The van der Waals surface area contributed by atoms with Gasteiger partial charge in [-0.1, -0.05) is 30.3 Å². The van der Waals surface area contributed by atoms with E-state index in [-0.39, 0.29) is 6.54 Å². The number of aliphatic hydroxyl groups excluding tert-OH is 5. The highest BCUT2D eigenvalue weighted by molar-refractivity contribution is 5.70. The van der Waals surface area contributed by atoms with E-state index in [0.29, 0.717) is 29.4 Å². The zero-order valence-corrected chi connectivity index (χ0v) is 17.0. The van der Waals surface area contributed by atoms with Gasteiger partial charge in [-0.25, -0.2) is 0 Å². The summed E-state index contributed by atoms with van der Waals surface area (Å²) in [5.74, 6) is 0.844. The third-order valence-electron chi connectivity index (χ3n) is 4.82. The van der Waals surface area contributed by atoms with Gasteiger partial charge >= 0.3 is 0 Å². The average molecular weight is 422 g/mol. The van der Waals surface area contributed by atoms with Crippen molar-refractivity contribution in [1.82, 2.24) is 0 Å². The Balaban J connectivity index is 2.38. The monoisotopic (exact) mass is 422 g/mol. The third kappa shape index (κ3) is 5.74. The predicted molar refractivity (Wildman–Crippen MR) is 113 cm³/mol. The third-order valence-corrected chi connectivity index (χ3v) is 4.82. The lowest BCUT2D eigenvalue weighted by molar-refractivity contribution is -0.112. The van der Waals surface area contributed by atoms with Gasteiger partial charge in [0.15, 0.2) is 0 Å². The first-order valence-electron chi connectivity index (χ1n) is 9.45. The van der Waals surface area contributed by atoms with E-state index in [1.807, 2.05) is 30.3 Å². The lowest BCUT2D eigenvalue weighted by atomic mass is 10.0. The molecule has 0 saturated carbocycles. The number of benzene rings is 2. The number of aliphatic hydroxyl groups is 5. The predicted octanol–water partition coefficient (Wildman–Crippen LogP) is -0.272. The molecule has 0 heterocycles. The molecule has 166 valence electrons. The molecular formula is C21H30N2O7. The van der Waals surface area contributed by atoms with Gasteiger partial charge in [-0.2, -0.15) is 0 Å². The minimum absolute atomic E-state index is 0.116. The summed E-state index contributed by atoms with van der Waals surface area (Å²) in [7, 11) is 2.97. The van der Waals surface area contributed by atoms with Gasteiger partial charge in [0.1, 0.15) is 29.8 Å². The van der Waals surface area contributed by atoms with Crippen LogP contribution in [0.4, 0.5) is 11.4 Å². The van der Waals surface area contributed by atoms with Crippen molar-refractivity contribution in [3.05, 3.63) is 48.0 Å². The number of nitrogens with zero attached hydrogens (tertiary/aromatic N) is 1. The SMILES string of the molecule is COc1cc(N(Cc2ccccc2)CC(O)C(O)C(O)C(O)CO)c(OC)cc1N. The summed E-state index contributed by atoms with van der Waals surface area (Å²) >= 11 is 0. The zero-order chi connectivity index (χ0) is 22.3. The van der Waals surface area contributed by atoms with E-state index in [1.165, 1.54) is 14.2 Å². The van der Waals surface area contributed by atoms with Crippen LogP contribution in [0.25, 0.3) is 0 Å². The summed E-state index contributed by atoms with van der Waals surface area (Å²) in [6.07, 6.45) is -6.43. The lowest BCUT2D eigenvalue weighted by Gasteiger charge is -2.32. The number of nitrogens with two attached hydrogens (primary N) is 1. The van der Waals surface area contributed by atoms with Crippen LogP contribution in [-0.4, -0.2) is 77.3 Å². The van der Waals surface area contributed by atoms with Crippen LogP contribution in [-0.2, 0) is 6.54 Å². The second-order valence-electron chi connectivity index (χ2n) is 6.93. The molecule has 2 rings (SSSR count). The van der Waals surface area contributed by atoms with E-state index >= 15 is 0 Å². The van der Waals surface area contributed by atoms with Crippen LogP contribution in [0.5, 0.6) is 11.5 Å². The Morgan fingerprint density at radius 1 is 0.900 bits per heavy atom. The molecule has 4 atom stereocenters. The maximum atomic E-state index is 10.5. The molecule has 0 fully saturated rings. The van der Waals surface area contributed by atoms with E-state index in [1.54, 1.807) is 17.0 Å². The van der Waals surface area contributed by atoms with E-state index in [0.717, 1.165) is 5.56 Å². The summed E-state index contributed by atoms with van der Waals surface area (Å²) < 4.78 is 10.7. The molecule has 2 aromatic rings. The standard InChI is InChI=1S/C21H30N2O7/c1-29-18-9-15(19(30-2)8-14(18)22)23(10-13-6-4-3-5-7-13)11-16(25)20(27)21(28)17(26)12-24/h3-9,16-17,20-21,24-28H,10-12,22H2,1-2H3. The second-order valence-corrected chi connectivity index (χ2v) is 6.93. The van der Waals surface area contributed by atoms with Gasteiger partial charge in [0, 0.05) is 25.2 Å². The maximum absolute atomic E-state index is 10.5. The fraction of sp³-hybridized carbons (Fsp3) is 0.429. The highest BCUT2D eigenvalue weighted by Crippen LogP contribution is 2.38. The van der Waals surface area contributed by atoms with Gasteiger partial charge in [0.05, 0.1) is 38.3 Å².